The molecule has 2 aromatic carbocycles. The molecular formula is C18H20. The Morgan fingerprint density at radius 1 is 0.889 bits per heavy atom. The van der Waals surface area contributed by atoms with Crippen LogP contribution in [-0.2, 0) is 0 Å². The first-order chi connectivity index (χ1) is 8.81. The Bertz CT molecular complexity index is 491. The zero-order chi connectivity index (χ0) is 12.8. The Hall–Kier alpha value is -1.82. The zero-order valence-electron chi connectivity index (χ0n) is 11.0. The van der Waals surface area contributed by atoms with Gasteiger partial charge < -0.3 is 0 Å². The molecule has 0 spiro atoms. The SMILES string of the molecule is C=C(CCCC)c1ccc(-c2ccccc2)cc1. The van der Waals surface area contributed by atoms with Gasteiger partial charge in [0.15, 0.2) is 0 Å². The maximum absolute atomic E-state index is 4.16. The predicted molar refractivity (Wildman–Crippen MR) is 80.4 cm³/mol. The maximum atomic E-state index is 4.16. The summed E-state index contributed by atoms with van der Waals surface area (Å²) in [4.78, 5) is 0. The summed E-state index contributed by atoms with van der Waals surface area (Å²) in [5, 5.41) is 0. The summed E-state index contributed by atoms with van der Waals surface area (Å²) in [5.41, 5.74) is 5.05. The molecule has 92 valence electrons. The highest BCUT2D eigenvalue weighted by Gasteiger charge is 2.00. The van der Waals surface area contributed by atoms with Crippen molar-refractivity contribution in [3.8, 4) is 11.1 Å². The minimum Gasteiger partial charge on any atom is -0.0952 e. The van der Waals surface area contributed by atoms with Gasteiger partial charge in [0.1, 0.15) is 0 Å². The van der Waals surface area contributed by atoms with Crippen LogP contribution in [0.3, 0.4) is 0 Å². The molecule has 0 saturated heterocycles. The fourth-order valence-corrected chi connectivity index (χ4v) is 2.06. The second kappa shape index (κ2) is 6.20. The van der Waals surface area contributed by atoms with Crippen molar-refractivity contribution in [2.45, 2.75) is 26.2 Å². The van der Waals surface area contributed by atoms with E-state index in [9.17, 15) is 0 Å². The van der Waals surface area contributed by atoms with E-state index in [1.54, 1.807) is 0 Å². The molecular weight excluding hydrogens is 216 g/mol. The van der Waals surface area contributed by atoms with Gasteiger partial charge in [0.2, 0.25) is 0 Å². The van der Waals surface area contributed by atoms with Crippen molar-refractivity contribution in [3.63, 3.8) is 0 Å². The molecule has 0 saturated carbocycles. The molecule has 0 aliphatic carbocycles. The van der Waals surface area contributed by atoms with E-state index < -0.39 is 0 Å². The normalized spacial score (nSPS) is 10.3. The zero-order valence-corrected chi connectivity index (χ0v) is 11.0. The summed E-state index contributed by atoms with van der Waals surface area (Å²) in [5.74, 6) is 0. The molecule has 2 aromatic rings. The molecule has 0 radical (unpaired) electrons. The molecule has 0 nitrogen and oxygen atoms in total. The van der Waals surface area contributed by atoms with E-state index in [1.807, 2.05) is 6.07 Å². The van der Waals surface area contributed by atoms with Crippen LogP contribution in [0, 0.1) is 0 Å². The third-order valence-corrected chi connectivity index (χ3v) is 3.23. The van der Waals surface area contributed by atoms with Crippen LogP contribution in [0.25, 0.3) is 16.7 Å². The summed E-state index contributed by atoms with van der Waals surface area (Å²) in [6.45, 7) is 6.38. The average Bonchev–Trinajstić information content (AvgIpc) is 2.46. The van der Waals surface area contributed by atoms with E-state index in [1.165, 1.54) is 35.1 Å². The van der Waals surface area contributed by atoms with Crippen molar-refractivity contribution in [1.82, 2.24) is 0 Å². The summed E-state index contributed by atoms with van der Waals surface area (Å²) >= 11 is 0. The standard InChI is InChI=1S/C18H20/c1-3-4-8-15(2)16-11-13-18(14-12-16)17-9-6-5-7-10-17/h5-7,9-14H,2-4,8H2,1H3. The molecule has 0 aromatic heterocycles. The van der Waals surface area contributed by atoms with Crippen molar-refractivity contribution in [1.29, 1.82) is 0 Å². The van der Waals surface area contributed by atoms with Gasteiger partial charge in [0, 0.05) is 0 Å². The lowest BCUT2D eigenvalue weighted by Gasteiger charge is -2.07. The Morgan fingerprint density at radius 2 is 1.50 bits per heavy atom. The van der Waals surface area contributed by atoms with Gasteiger partial charge in [-0.15, -0.1) is 0 Å². The topological polar surface area (TPSA) is 0 Å². The minimum atomic E-state index is 1.10. The van der Waals surface area contributed by atoms with Gasteiger partial charge >= 0.3 is 0 Å². The highest BCUT2D eigenvalue weighted by Crippen LogP contribution is 2.23. The fraction of sp³-hybridized carbons (Fsp3) is 0.222. The van der Waals surface area contributed by atoms with Crippen molar-refractivity contribution in [3.05, 3.63) is 66.7 Å². The maximum Gasteiger partial charge on any atom is -0.0184 e. The summed E-state index contributed by atoms with van der Waals surface area (Å²) in [6.07, 6.45) is 3.54. The molecule has 0 unspecified atom stereocenters. The van der Waals surface area contributed by atoms with Gasteiger partial charge in [-0.25, -0.2) is 0 Å². The third kappa shape index (κ3) is 3.10. The van der Waals surface area contributed by atoms with Gasteiger partial charge in [-0.3, -0.25) is 0 Å². The molecule has 0 bridgehead atoms. The van der Waals surface area contributed by atoms with Crippen LogP contribution in [0.5, 0.6) is 0 Å². The quantitative estimate of drug-likeness (QED) is 0.637. The molecule has 0 heteroatoms. The second-order valence-corrected chi connectivity index (χ2v) is 4.65. The third-order valence-electron chi connectivity index (χ3n) is 3.23. The van der Waals surface area contributed by atoms with Crippen LogP contribution in [0.15, 0.2) is 61.2 Å². The van der Waals surface area contributed by atoms with E-state index in [2.05, 4.69) is 62.0 Å². The molecule has 0 amide bonds. The molecule has 18 heavy (non-hydrogen) atoms. The highest BCUT2D eigenvalue weighted by molar-refractivity contribution is 5.69. The Kier molecular flexibility index (Phi) is 4.35. The number of rotatable bonds is 5. The molecule has 0 aliphatic heterocycles. The number of hydrogen-bond acceptors (Lipinski definition) is 0. The Balaban J connectivity index is 2.13. The number of benzene rings is 2. The summed E-state index contributed by atoms with van der Waals surface area (Å²) < 4.78 is 0. The predicted octanol–water partition coefficient (Wildman–Crippen LogP) is 5.56. The van der Waals surface area contributed by atoms with Gasteiger partial charge in [-0.2, -0.15) is 0 Å². The van der Waals surface area contributed by atoms with Crippen LogP contribution >= 0.6 is 0 Å². The van der Waals surface area contributed by atoms with Crippen molar-refractivity contribution in [2.24, 2.45) is 0 Å². The van der Waals surface area contributed by atoms with E-state index in [-0.39, 0.29) is 0 Å². The highest BCUT2D eigenvalue weighted by atomic mass is 14.1. The number of hydrogen-bond donors (Lipinski definition) is 0. The van der Waals surface area contributed by atoms with Crippen LogP contribution in [-0.4, -0.2) is 0 Å². The molecule has 0 aliphatic rings. The first-order valence-corrected chi connectivity index (χ1v) is 6.65. The lowest BCUT2D eigenvalue weighted by Crippen LogP contribution is -1.84. The number of allylic oxidation sites excluding steroid dienone is 1. The Labute approximate surface area is 110 Å². The first-order valence-electron chi connectivity index (χ1n) is 6.65. The lowest BCUT2D eigenvalue weighted by molar-refractivity contribution is 0.825. The van der Waals surface area contributed by atoms with Crippen molar-refractivity contribution in [2.75, 3.05) is 0 Å². The van der Waals surface area contributed by atoms with E-state index in [0.29, 0.717) is 0 Å². The van der Waals surface area contributed by atoms with Crippen LogP contribution in [0.1, 0.15) is 31.7 Å². The molecule has 0 N–H and O–H groups in total. The molecule has 0 atom stereocenters. The second-order valence-electron chi connectivity index (χ2n) is 4.65. The van der Waals surface area contributed by atoms with Crippen molar-refractivity contribution >= 4 is 5.57 Å². The van der Waals surface area contributed by atoms with Crippen LogP contribution in [0.2, 0.25) is 0 Å². The summed E-state index contributed by atoms with van der Waals surface area (Å²) in [6, 6.07) is 19.2. The van der Waals surface area contributed by atoms with Crippen LogP contribution in [0.4, 0.5) is 0 Å². The van der Waals surface area contributed by atoms with Crippen LogP contribution < -0.4 is 0 Å². The minimum absolute atomic E-state index is 1.10. The summed E-state index contributed by atoms with van der Waals surface area (Å²) in [7, 11) is 0. The van der Waals surface area contributed by atoms with Gasteiger partial charge in [0.05, 0.1) is 0 Å². The van der Waals surface area contributed by atoms with Gasteiger partial charge in [-0.1, -0.05) is 74.5 Å². The Morgan fingerprint density at radius 3 is 2.11 bits per heavy atom. The molecule has 0 heterocycles. The largest absolute Gasteiger partial charge is 0.0952 e. The monoisotopic (exact) mass is 236 g/mol. The number of unbranched alkanes of at least 4 members (excludes halogenated alkanes) is 1. The van der Waals surface area contributed by atoms with E-state index in [0.717, 1.165) is 6.42 Å². The average molecular weight is 236 g/mol. The van der Waals surface area contributed by atoms with Crippen molar-refractivity contribution < 1.29 is 0 Å². The lowest BCUT2D eigenvalue weighted by atomic mass is 9.98. The smallest absolute Gasteiger partial charge is 0.0184 e. The van der Waals surface area contributed by atoms with Gasteiger partial charge in [-0.05, 0) is 35.1 Å². The molecule has 0 fully saturated rings. The van der Waals surface area contributed by atoms with E-state index in [4.69, 9.17) is 0 Å². The molecule has 2 rings (SSSR count). The fourth-order valence-electron chi connectivity index (χ4n) is 2.06. The first kappa shape index (κ1) is 12.6. The van der Waals surface area contributed by atoms with E-state index >= 15 is 0 Å². The van der Waals surface area contributed by atoms with Gasteiger partial charge in [0.25, 0.3) is 0 Å².